The van der Waals surface area contributed by atoms with E-state index in [0.29, 0.717) is 0 Å². The van der Waals surface area contributed by atoms with Crippen molar-refractivity contribution in [1.29, 1.82) is 0 Å². The Morgan fingerprint density at radius 2 is 0.656 bits per heavy atom. The first-order chi connectivity index (χ1) is 31.7. The molecule has 4 aromatic heterocycles. The van der Waals surface area contributed by atoms with Gasteiger partial charge in [-0.15, -0.1) is 22.7 Å². The lowest BCUT2D eigenvalue weighted by atomic mass is 9.53. The van der Waals surface area contributed by atoms with E-state index < -0.39 is 10.8 Å². The molecular formula is C58H32O4S2. The van der Waals surface area contributed by atoms with E-state index in [1.807, 2.05) is 22.7 Å². The van der Waals surface area contributed by atoms with Crippen molar-refractivity contribution in [3.8, 4) is 45.6 Å². The second kappa shape index (κ2) is 12.5. The first kappa shape index (κ1) is 34.9. The fourth-order valence-corrected chi connectivity index (χ4v) is 13.8. The Balaban J connectivity index is 1.14. The summed E-state index contributed by atoms with van der Waals surface area (Å²) in [5.41, 5.74) is 6.09. The first-order valence-electron chi connectivity index (χ1n) is 21.6. The normalized spacial score (nSPS) is 14.8. The van der Waals surface area contributed by atoms with Crippen LogP contribution in [0.5, 0.6) is 23.0 Å². The third-order valence-electron chi connectivity index (χ3n) is 13.9. The molecule has 0 saturated carbocycles. The van der Waals surface area contributed by atoms with Crippen molar-refractivity contribution >= 4 is 63.0 Å². The Bertz CT molecular complexity index is 3560. The maximum Gasteiger partial charge on any atom is 0.136 e. The number of rotatable bonds is 2. The molecule has 2 aliphatic heterocycles. The molecule has 64 heavy (non-hydrogen) atoms. The number of hydrogen-bond acceptors (Lipinski definition) is 6. The lowest BCUT2D eigenvalue weighted by molar-refractivity contribution is 0.353. The zero-order valence-electron chi connectivity index (χ0n) is 33.9. The van der Waals surface area contributed by atoms with E-state index in [2.05, 4.69) is 194 Å². The second-order valence-electron chi connectivity index (χ2n) is 17.0. The van der Waals surface area contributed by atoms with Gasteiger partial charge in [-0.3, -0.25) is 0 Å². The molecule has 6 heterocycles. The second-order valence-corrected chi connectivity index (χ2v) is 19.1. The molecule has 4 nitrogen and oxygen atoms in total. The van der Waals surface area contributed by atoms with E-state index in [0.717, 1.165) is 90.5 Å². The van der Waals surface area contributed by atoms with Crippen molar-refractivity contribution in [2.45, 2.75) is 10.8 Å². The Hall–Kier alpha value is -7.64. The summed E-state index contributed by atoms with van der Waals surface area (Å²) in [6.07, 6.45) is 0. The largest absolute Gasteiger partial charge is 0.459 e. The van der Waals surface area contributed by atoms with Crippen LogP contribution in [-0.4, -0.2) is 0 Å². The highest BCUT2D eigenvalue weighted by molar-refractivity contribution is 7.26. The molecule has 6 heteroatoms. The van der Waals surface area contributed by atoms with Gasteiger partial charge in [-0.05, 0) is 60.7 Å². The van der Waals surface area contributed by atoms with Gasteiger partial charge in [0.15, 0.2) is 0 Å². The number of fused-ring (bicyclic) bond motifs is 20. The van der Waals surface area contributed by atoms with Crippen molar-refractivity contribution in [2.75, 3.05) is 0 Å². The molecule has 12 aromatic rings. The van der Waals surface area contributed by atoms with Crippen LogP contribution >= 0.6 is 22.7 Å². The van der Waals surface area contributed by atoms with Gasteiger partial charge >= 0.3 is 0 Å². The molecule has 3 aliphatic rings. The topological polar surface area (TPSA) is 44.7 Å². The zero-order valence-corrected chi connectivity index (χ0v) is 35.6. The van der Waals surface area contributed by atoms with Gasteiger partial charge in [-0.2, -0.15) is 0 Å². The zero-order chi connectivity index (χ0) is 41.7. The molecule has 0 N–H and O–H groups in total. The summed E-state index contributed by atoms with van der Waals surface area (Å²) in [6.45, 7) is 0. The van der Waals surface area contributed by atoms with Crippen LogP contribution in [0.4, 0.5) is 0 Å². The van der Waals surface area contributed by atoms with E-state index in [4.69, 9.17) is 18.3 Å². The minimum absolute atomic E-state index is 0.778. The summed E-state index contributed by atoms with van der Waals surface area (Å²) in [6, 6.07) is 69.0. The number of hydrogen-bond donors (Lipinski definition) is 0. The molecule has 1 aliphatic carbocycles. The van der Waals surface area contributed by atoms with E-state index in [-0.39, 0.29) is 0 Å². The third-order valence-corrected chi connectivity index (χ3v) is 16.3. The van der Waals surface area contributed by atoms with Gasteiger partial charge in [-0.25, -0.2) is 0 Å². The average molecular weight is 857 g/mol. The fraction of sp³-hybridized carbons (Fsp3) is 0.0345. The van der Waals surface area contributed by atoms with E-state index in [1.165, 1.54) is 40.3 Å². The highest BCUT2D eigenvalue weighted by Gasteiger charge is 2.63. The van der Waals surface area contributed by atoms with Gasteiger partial charge in [0.1, 0.15) is 56.9 Å². The maximum atomic E-state index is 7.81. The van der Waals surface area contributed by atoms with Crippen molar-refractivity contribution < 1.29 is 18.3 Å². The molecule has 0 atom stereocenters. The van der Waals surface area contributed by atoms with Gasteiger partial charge in [-0.1, -0.05) is 133 Å². The fourth-order valence-electron chi connectivity index (χ4n) is 11.3. The Morgan fingerprint density at radius 3 is 1.06 bits per heavy atom. The Morgan fingerprint density at radius 1 is 0.312 bits per heavy atom. The lowest BCUT2D eigenvalue weighted by Gasteiger charge is -2.48. The number of benzene rings is 8. The van der Waals surface area contributed by atoms with Crippen molar-refractivity contribution in [3.05, 3.63) is 239 Å². The molecular weight excluding hydrogens is 825 g/mol. The summed E-state index contributed by atoms with van der Waals surface area (Å²) in [5.74, 6) is 6.36. The monoisotopic (exact) mass is 856 g/mol. The Labute approximate surface area is 374 Å². The van der Waals surface area contributed by atoms with Crippen LogP contribution in [0.1, 0.15) is 44.9 Å². The highest BCUT2D eigenvalue weighted by Crippen LogP contribution is 2.68. The van der Waals surface area contributed by atoms with Crippen molar-refractivity contribution in [3.63, 3.8) is 0 Å². The maximum absolute atomic E-state index is 7.81. The van der Waals surface area contributed by atoms with Gasteiger partial charge in [0, 0.05) is 84.9 Å². The molecule has 0 radical (unpaired) electrons. The number of thiophene rings is 2. The summed E-state index contributed by atoms with van der Waals surface area (Å²) < 4.78 is 34.2. The van der Waals surface area contributed by atoms with Crippen molar-refractivity contribution in [1.82, 2.24) is 0 Å². The summed E-state index contributed by atoms with van der Waals surface area (Å²) >= 11 is 3.62. The predicted octanol–water partition coefficient (Wildman–Crippen LogP) is 16.2. The first-order valence-corrected chi connectivity index (χ1v) is 23.2. The quantitative estimate of drug-likeness (QED) is 0.174. The van der Waals surface area contributed by atoms with E-state index in [1.54, 1.807) is 0 Å². The molecule has 0 fully saturated rings. The third kappa shape index (κ3) is 4.27. The highest BCUT2D eigenvalue weighted by atomic mass is 32.1. The minimum atomic E-state index is -0.994. The smallest absolute Gasteiger partial charge is 0.136 e. The molecule has 0 unspecified atom stereocenters. The van der Waals surface area contributed by atoms with Crippen LogP contribution < -0.4 is 9.47 Å². The number of furan rings is 2. The predicted molar refractivity (Wildman–Crippen MR) is 258 cm³/mol. The van der Waals surface area contributed by atoms with Crippen LogP contribution in [-0.2, 0) is 10.8 Å². The molecule has 0 saturated heterocycles. The molecule has 300 valence electrons. The van der Waals surface area contributed by atoms with E-state index >= 15 is 0 Å². The minimum Gasteiger partial charge on any atom is -0.459 e. The molecule has 0 amide bonds. The number of ether oxygens (including phenoxy) is 2. The summed E-state index contributed by atoms with van der Waals surface area (Å²) in [5, 5.41) is 4.92. The standard InChI is InChI=1S/C58H32O4S2/c1-11-29-51-33(15-1)35-17-13-19-37(53(35)63-51)49-31-43-55(61-49)58(41-23-5-9-27-47(41)60-48-28-10-6-24-42(48)58)44-32-50(38-20-14-18-36-34-16-2-12-30-52(34)64-54(36)38)62-56(44)57(43)39-21-3-7-25-45(39)59-46-26-8-4-22-40(46)57/h1-32H. The van der Waals surface area contributed by atoms with Crippen LogP contribution in [0.3, 0.4) is 0 Å². The van der Waals surface area contributed by atoms with Crippen LogP contribution in [0.25, 0.3) is 63.0 Å². The lowest BCUT2D eigenvalue weighted by Crippen LogP contribution is -2.46. The van der Waals surface area contributed by atoms with Gasteiger partial charge < -0.3 is 18.3 Å². The van der Waals surface area contributed by atoms with Gasteiger partial charge in [0.25, 0.3) is 0 Å². The average Bonchev–Trinajstić information content (AvgIpc) is 4.16. The molecule has 2 spiro atoms. The van der Waals surface area contributed by atoms with E-state index in [9.17, 15) is 0 Å². The van der Waals surface area contributed by atoms with Crippen LogP contribution in [0, 0.1) is 0 Å². The van der Waals surface area contributed by atoms with Gasteiger partial charge in [0.2, 0.25) is 0 Å². The molecule has 15 rings (SSSR count). The van der Waals surface area contributed by atoms with Crippen molar-refractivity contribution in [2.24, 2.45) is 0 Å². The summed E-state index contributed by atoms with van der Waals surface area (Å²) in [7, 11) is 0. The van der Waals surface area contributed by atoms with Crippen LogP contribution in [0.15, 0.2) is 203 Å². The number of para-hydroxylation sites is 4. The SMILES string of the molecule is c1ccc2c(c1)Oc1ccccc1C21c2cc(-c3cccc4c3sc3ccccc34)oc2C2(c3ccccc3Oc3ccccc32)c2cc(-c3cccc4c3sc3ccccc34)oc21. The molecule has 8 aromatic carbocycles. The van der Waals surface area contributed by atoms with Gasteiger partial charge in [0.05, 0.1) is 0 Å². The Kier molecular flexibility index (Phi) is 6.82. The summed E-state index contributed by atoms with van der Waals surface area (Å²) in [4.78, 5) is 0. The molecule has 0 bridgehead atoms. The van der Waals surface area contributed by atoms with Crippen LogP contribution in [0.2, 0.25) is 0 Å².